The van der Waals surface area contributed by atoms with Crippen molar-refractivity contribution in [3.63, 3.8) is 0 Å². The summed E-state index contributed by atoms with van der Waals surface area (Å²) < 4.78 is 0. The highest BCUT2D eigenvalue weighted by Crippen LogP contribution is 2.44. The van der Waals surface area contributed by atoms with Gasteiger partial charge in [0, 0.05) is 23.4 Å². The minimum atomic E-state index is -0.0407. The summed E-state index contributed by atoms with van der Waals surface area (Å²) in [5.41, 5.74) is 11.5. The molecule has 1 aliphatic rings. The lowest BCUT2D eigenvalue weighted by molar-refractivity contribution is 0.533. The number of allylic oxidation sites excluding steroid dienone is 5. The molecule has 0 aromatic heterocycles. The second-order valence-corrected chi connectivity index (χ2v) is 4.97. The summed E-state index contributed by atoms with van der Waals surface area (Å²) in [6, 6.07) is 0. The second-order valence-electron chi connectivity index (χ2n) is 4.97. The Morgan fingerprint density at radius 2 is 2.12 bits per heavy atom. The highest BCUT2D eigenvalue weighted by Gasteiger charge is 2.33. The van der Waals surface area contributed by atoms with Crippen LogP contribution in [0.2, 0.25) is 0 Å². The van der Waals surface area contributed by atoms with Gasteiger partial charge in [-0.3, -0.25) is 0 Å². The summed E-state index contributed by atoms with van der Waals surface area (Å²) in [6.07, 6.45) is 4.20. The number of nitrogens with one attached hydrogen (secondary N) is 1. The van der Waals surface area contributed by atoms with Crippen molar-refractivity contribution in [2.75, 3.05) is 6.54 Å². The standard InChI is InChI=1S/C15H24N2/c1-7-12-10(3)14(16)9-13(15(12,5)6)11(4)17-8-2/h7,9,17H,4,8,16H2,1-3,5-6H3/b12-7+. The first-order valence-corrected chi connectivity index (χ1v) is 6.15. The van der Waals surface area contributed by atoms with Crippen LogP contribution >= 0.6 is 0 Å². The molecule has 2 nitrogen and oxygen atoms in total. The highest BCUT2D eigenvalue weighted by molar-refractivity contribution is 5.55. The molecular weight excluding hydrogens is 208 g/mol. The summed E-state index contributed by atoms with van der Waals surface area (Å²) in [7, 11) is 0. The quantitative estimate of drug-likeness (QED) is 0.784. The van der Waals surface area contributed by atoms with Gasteiger partial charge in [0.1, 0.15) is 0 Å². The monoisotopic (exact) mass is 232 g/mol. The van der Waals surface area contributed by atoms with Crippen LogP contribution in [0, 0.1) is 5.41 Å². The molecule has 17 heavy (non-hydrogen) atoms. The summed E-state index contributed by atoms with van der Waals surface area (Å²) >= 11 is 0. The Labute approximate surface area is 105 Å². The Morgan fingerprint density at radius 1 is 1.53 bits per heavy atom. The third kappa shape index (κ3) is 2.31. The minimum Gasteiger partial charge on any atom is -0.398 e. The van der Waals surface area contributed by atoms with E-state index >= 15 is 0 Å². The van der Waals surface area contributed by atoms with Crippen molar-refractivity contribution in [3.8, 4) is 0 Å². The van der Waals surface area contributed by atoms with Gasteiger partial charge in [-0.25, -0.2) is 0 Å². The zero-order valence-electron chi connectivity index (χ0n) is 11.6. The third-order valence-electron chi connectivity index (χ3n) is 3.49. The lowest BCUT2D eigenvalue weighted by Crippen LogP contribution is -2.29. The molecule has 0 aliphatic heterocycles. The average molecular weight is 232 g/mol. The molecule has 0 aromatic carbocycles. The van der Waals surface area contributed by atoms with Crippen molar-refractivity contribution in [3.05, 3.63) is 46.8 Å². The average Bonchev–Trinajstić information content (AvgIpc) is 2.24. The Balaban J connectivity index is 3.30. The molecule has 0 atom stereocenters. The van der Waals surface area contributed by atoms with E-state index in [1.54, 1.807) is 0 Å². The van der Waals surface area contributed by atoms with E-state index in [4.69, 9.17) is 5.73 Å². The van der Waals surface area contributed by atoms with Crippen LogP contribution < -0.4 is 11.1 Å². The summed E-state index contributed by atoms with van der Waals surface area (Å²) in [5, 5.41) is 3.28. The molecule has 0 aromatic rings. The van der Waals surface area contributed by atoms with Gasteiger partial charge in [-0.1, -0.05) is 26.5 Å². The minimum absolute atomic E-state index is 0.0407. The van der Waals surface area contributed by atoms with Crippen LogP contribution in [-0.2, 0) is 0 Å². The van der Waals surface area contributed by atoms with E-state index in [-0.39, 0.29) is 5.41 Å². The van der Waals surface area contributed by atoms with Gasteiger partial charge in [-0.05, 0) is 43.6 Å². The summed E-state index contributed by atoms with van der Waals surface area (Å²) in [6.45, 7) is 15.6. The van der Waals surface area contributed by atoms with E-state index in [0.29, 0.717) is 0 Å². The fourth-order valence-corrected chi connectivity index (χ4v) is 2.56. The molecule has 2 heteroatoms. The fraction of sp³-hybridized carbons (Fsp3) is 0.467. The normalized spacial score (nSPS) is 21.5. The fourth-order valence-electron chi connectivity index (χ4n) is 2.56. The maximum absolute atomic E-state index is 6.08. The van der Waals surface area contributed by atoms with Gasteiger partial charge in [0.25, 0.3) is 0 Å². The molecule has 0 saturated carbocycles. The number of rotatable bonds is 3. The van der Waals surface area contributed by atoms with Gasteiger partial charge in [0.2, 0.25) is 0 Å². The van der Waals surface area contributed by atoms with Crippen molar-refractivity contribution in [1.29, 1.82) is 0 Å². The van der Waals surface area contributed by atoms with E-state index in [2.05, 4.69) is 52.6 Å². The smallest absolute Gasteiger partial charge is 0.0350 e. The molecule has 0 heterocycles. The molecule has 0 fully saturated rings. The first-order chi connectivity index (χ1) is 7.86. The molecule has 0 unspecified atom stereocenters. The van der Waals surface area contributed by atoms with Crippen LogP contribution in [0.25, 0.3) is 0 Å². The highest BCUT2D eigenvalue weighted by atomic mass is 14.9. The summed E-state index contributed by atoms with van der Waals surface area (Å²) in [4.78, 5) is 0. The van der Waals surface area contributed by atoms with Gasteiger partial charge in [-0.15, -0.1) is 0 Å². The zero-order chi connectivity index (χ0) is 13.2. The van der Waals surface area contributed by atoms with E-state index in [9.17, 15) is 0 Å². The molecule has 1 rings (SSSR count). The molecular formula is C15H24N2. The first-order valence-electron chi connectivity index (χ1n) is 6.15. The lowest BCUT2D eigenvalue weighted by Gasteiger charge is -2.37. The zero-order valence-corrected chi connectivity index (χ0v) is 11.6. The van der Waals surface area contributed by atoms with Gasteiger partial charge < -0.3 is 11.1 Å². The number of likely N-dealkylation sites (N-methyl/N-ethyl adjacent to an activating group) is 1. The number of hydrogen-bond donors (Lipinski definition) is 2. The molecule has 0 saturated heterocycles. The largest absolute Gasteiger partial charge is 0.398 e. The van der Waals surface area contributed by atoms with E-state index < -0.39 is 0 Å². The number of hydrogen-bond acceptors (Lipinski definition) is 2. The van der Waals surface area contributed by atoms with Crippen molar-refractivity contribution < 1.29 is 0 Å². The van der Waals surface area contributed by atoms with Gasteiger partial charge in [0.15, 0.2) is 0 Å². The maximum atomic E-state index is 6.08. The molecule has 1 aliphatic carbocycles. The molecule has 0 radical (unpaired) electrons. The van der Waals surface area contributed by atoms with E-state index in [1.165, 1.54) is 16.7 Å². The van der Waals surface area contributed by atoms with Crippen LogP contribution in [0.3, 0.4) is 0 Å². The van der Waals surface area contributed by atoms with E-state index in [0.717, 1.165) is 17.9 Å². The molecule has 94 valence electrons. The Hall–Kier alpha value is -1.44. The van der Waals surface area contributed by atoms with Crippen LogP contribution in [-0.4, -0.2) is 6.54 Å². The SMILES string of the molecule is C=C(NCC)C1=CC(N)=C(C)/C(=C\C)C1(C)C. The van der Waals surface area contributed by atoms with Crippen LogP contribution in [0.15, 0.2) is 46.8 Å². The van der Waals surface area contributed by atoms with Crippen LogP contribution in [0.5, 0.6) is 0 Å². The van der Waals surface area contributed by atoms with Crippen molar-refractivity contribution >= 4 is 0 Å². The van der Waals surface area contributed by atoms with E-state index in [1.807, 2.05) is 6.08 Å². The third-order valence-corrected chi connectivity index (χ3v) is 3.49. The lowest BCUT2D eigenvalue weighted by atomic mass is 9.69. The molecule has 0 amide bonds. The maximum Gasteiger partial charge on any atom is 0.0350 e. The van der Waals surface area contributed by atoms with Gasteiger partial charge >= 0.3 is 0 Å². The molecule has 0 bridgehead atoms. The second kappa shape index (κ2) is 4.82. The predicted octanol–water partition coefficient (Wildman–Crippen LogP) is 3.25. The van der Waals surface area contributed by atoms with Crippen molar-refractivity contribution in [2.45, 2.75) is 34.6 Å². The number of nitrogens with two attached hydrogens (primary N) is 1. The Morgan fingerprint density at radius 3 is 2.59 bits per heavy atom. The van der Waals surface area contributed by atoms with Crippen molar-refractivity contribution in [2.24, 2.45) is 11.1 Å². The summed E-state index contributed by atoms with van der Waals surface area (Å²) in [5.74, 6) is 0. The van der Waals surface area contributed by atoms with Gasteiger partial charge in [-0.2, -0.15) is 0 Å². The van der Waals surface area contributed by atoms with Crippen LogP contribution in [0.1, 0.15) is 34.6 Å². The predicted molar refractivity (Wildman–Crippen MR) is 75.3 cm³/mol. The van der Waals surface area contributed by atoms with Crippen LogP contribution in [0.4, 0.5) is 0 Å². The topological polar surface area (TPSA) is 38.0 Å². The Kier molecular flexibility index (Phi) is 3.87. The molecule has 3 N–H and O–H groups in total. The van der Waals surface area contributed by atoms with Crippen molar-refractivity contribution in [1.82, 2.24) is 5.32 Å². The molecule has 0 spiro atoms. The van der Waals surface area contributed by atoms with Gasteiger partial charge in [0.05, 0.1) is 0 Å². The first kappa shape index (κ1) is 13.6. The Bertz CT molecular complexity index is 420.